The molecule has 0 fully saturated rings. The quantitative estimate of drug-likeness (QED) is 0.716. The van der Waals surface area contributed by atoms with Crippen LogP contribution in [-0.4, -0.2) is 14.9 Å². The van der Waals surface area contributed by atoms with Gasteiger partial charge in [0, 0.05) is 29.5 Å². The molecule has 0 bridgehead atoms. The van der Waals surface area contributed by atoms with E-state index >= 15 is 0 Å². The fraction of sp³-hybridized carbons (Fsp3) is 0.250. The van der Waals surface area contributed by atoms with Crippen LogP contribution in [0.15, 0.2) is 47.2 Å². The number of hydrogen-bond donors (Lipinski definition) is 0. The number of aryl methyl sites for hydroxylation is 2. The van der Waals surface area contributed by atoms with Gasteiger partial charge in [-0.1, -0.05) is 17.3 Å². The van der Waals surface area contributed by atoms with Crippen LogP contribution < -0.4 is 0 Å². The highest BCUT2D eigenvalue weighted by Gasteiger charge is 2.08. The van der Waals surface area contributed by atoms with Gasteiger partial charge in [-0.05, 0) is 37.6 Å². The van der Waals surface area contributed by atoms with E-state index in [9.17, 15) is 0 Å². The normalized spacial score (nSPS) is 11.0. The summed E-state index contributed by atoms with van der Waals surface area (Å²) in [6.45, 7) is 3.96. The van der Waals surface area contributed by atoms with Crippen molar-refractivity contribution >= 4 is 11.8 Å². The first-order chi connectivity index (χ1) is 10.2. The number of nitrogens with zero attached hydrogens (tertiary/aromatic N) is 3. The van der Waals surface area contributed by atoms with Gasteiger partial charge >= 0.3 is 0 Å². The Morgan fingerprint density at radius 3 is 2.57 bits per heavy atom. The van der Waals surface area contributed by atoms with Gasteiger partial charge in [0.05, 0.1) is 11.4 Å². The summed E-state index contributed by atoms with van der Waals surface area (Å²) < 4.78 is 7.04. The van der Waals surface area contributed by atoms with E-state index in [1.807, 2.05) is 42.6 Å². The Hall–Kier alpha value is -2.01. The number of benzene rings is 1. The summed E-state index contributed by atoms with van der Waals surface area (Å²) in [6.07, 6.45) is 3.73. The first-order valence-electron chi connectivity index (χ1n) is 6.82. The molecule has 0 saturated carbocycles. The average Bonchev–Trinajstić information content (AvgIpc) is 3.13. The molecule has 0 radical (unpaired) electrons. The lowest BCUT2D eigenvalue weighted by Gasteiger charge is -2.04. The molecular formula is C16H17N3OS. The van der Waals surface area contributed by atoms with Gasteiger partial charge in [-0.25, -0.2) is 4.68 Å². The highest BCUT2D eigenvalue weighted by molar-refractivity contribution is 7.97. The maximum absolute atomic E-state index is 5.18. The van der Waals surface area contributed by atoms with Crippen LogP contribution in [0.1, 0.15) is 22.6 Å². The molecule has 108 valence electrons. The van der Waals surface area contributed by atoms with Crippen LogP contribution in [0.25, 0.3) is 5.69 Å². The Morgan fingerprint density at radius 1 is 1.14 bits per heavy atom. The predicted molar refractivity (Wildman–Crippen MR) is 84.5 cm³/mol. The van der Waals surface area contributed by atoms with Crippen molar-refractivity contribution in [1.82, 2.24) is 14.9 Å². The third-order valence-corrected chi connectivity index (χ3v) is 4.43. The van der Waals surface area contributed by atoms with Gasteiger partial charge in [0.25, 0.3) is 0 Å². The molecule has 0 atom stereocenters. The predicted octanol–water partition coefficient (Wildman–Crippen LogP) is 3.91. The molecule has 1 aromatic carbocycles. The van der Waals surface area contributed by atoms with Gasteiger partial charge < -0.3 is 4.52 Å². The molecule has 0 amide bonds. The Morgan fingerprint density at radius 2 is 1.95 bits per heavy atom. The van der Waals surface area contributed by atoms with E-state index in [-0.39, 0.29) is 0 Å². The lowest BCUT2D eigenvalue weighted by Crippen LogP contribution is -1.94. The van der Waals surface area contributed by atoms with E-state index in [4.69, 9.17) is 4.52 Å². The minimum Gasteiger partial charge on any atom is -0.361 e. The maximum atomic E-state index is 5.18. The molecule has 21 heavy (non-hydrogen) atoms. The van der Waals surface area contributed by atoms with Crippen molar-refractivity contribution in [3.8, 4) is 5.69 Å². The van der Waals surface area contributed by atoms with E-state index in [1.165, 1.54) is 11.1 Å². The summed E-state index contributed by atoms with van der Waals surface area (Å²) in [5.74, 6) is 2.83. The van der Waals surface area contributed by atoms with Crippen LogP contribution in [0.5, 0.6) is 0 Å². The molecule has 0 aliphatic rings. The summed E-state index contributed by atoms with van der Waals surface area (Å²) in [4.78, 5) is 0. The number of thioether (sulfide) groups is 1. The second-order valence-corrected chi connectivity index (χ2v) is 5.90. The van der Waals surface area contributed by atoms with E-state index in [0.29, 0.717) is 0 Å². The van der Waals surface area contributed by atoms with Crippen molar-refractivity contribution in [2.75, 3.05) is 0 Å². The standard InChI is InChI=1S/C16H17N3OS/c1-12-16(13(2)20-18-12)11-21-10-14-4-6-15(7-5-14)19-9-3-8-17-19/h3-9H,10-11H2,1-2H3. The topological polar surface area (TPSA) is 43.9 Å². The monoisotopic (exact) mass is 299 g/mol. The zero-order valence-corrected chi connectivity index (χ0v) is 12.9. The van der Waals surface area contributed by atoms with Crippen LogP contribution in [0, 0.1) is 13.8 Å². The molecule has 0 N–H and O–H groups in total. The molecule has 2 heterocycles. The van der Waals surface area contributed by atoms with Crippen molar-refractivity contribution in [3.05, 3.63) is 65.3 Å². The van der Waals surface area contributed by atoms with Gasteiger partial charge in [0.2, 0.25) is 0 Å². The van der Waals surface area contributed by atoms with Crippen LogP contribution in [0.2, 0.25) is 0 Å². The first-order valence-corrected chi connectivity index (χ1v) is 7.98. The van der Waals surface area contributed by atoms with Crippen molar-refractivity contribution in [3.63, 3.8) is 0 Å². The maximum Gasteiger partial charge on any atom is 0.137 e. The zero-order chi connectivity index (χ0) is 14.7. The fourth-order valence-corrected chi connectivity index (χ4v) is 3.29. The van der Waals surface area contributed by atoms with E-state index < -0.39 is 0 Å². The molecule has 0 unspecified atom stereocenters. The number of rotatable bonds is 5. The smallest absolute Gasteiger partial charge is 0.137 e. The largest absolute Gasteiger partial charge is 0.361 e. The summed E-state index contributed by atoms with van der Waals surface area (Å²) in [7, 11) is 0. The van der Waals surface area contributed by atoms with Gasteiger partial charge in [-0.15, -0.1) is 0 Å². The summed E-state index contributed by atoms with van der Waals surface area (Å²) in [6, 6.07) is 10.4. The molecule has 0 aliphatic carbocycles. The first kappa shape index (κ1) is 13.9. The minimum atomic E-state index is 0.925. The van der Waals surface area contributed by atoms with E-state index in [0.717, 1.165) is 28.6 Å². The third-order valence-electron chi connectivity index (χ3n) is 3.40. The molecule has 0 spiro atoms. The molecule has 2 aromatic heterocycles. The number of aromatic nitrogens is 3. The molecular weight excluding hydrogens is 282 g/mol. The van der Waals surface area contributed by atoms with Crippen molar-refractivity contribution < 1.29 is 4.52 Å². The van der Waals surface area contributed by atoms with Crippen molar-refractivity contribution in [2.24, 2.45) is 0 Å². The molecule has 5 heteroatoms. The average molecular weight is 299 g/mol. The Labute approximate surface area is 128 Å². The SMILES string of the molecule is Cc1noc(C)c1CSCc1ccc(-n2cccn2)cc1. The van der Waals surface area contributed by atoms with Gasteiger partial charge in [-0.3, -0.25) is 0 Å². The van der Waals surface area contributed by atoms with Gasteiger partial charge in [-0.2, -0.15) is 16.9 Å². The Balaban J connectivity index is 1.59. The molecule has 3 rings (SSSR count). The zero-order valence-electron chi connectivity index (χ0n) is 12.1. The fourth-order valence-electron chi connectivity index (χ4n) is 2.15. The second-order valence-electron chi connectivity index (χ2n) is 4.91. The summed E-state index contributed by atoms with van der Waals surface area (Å²) in [5, 5.41) is 8.21. The van der Waals surface area contributed by atoms with Crippen molar-refractivity contribution in [2.45, 2.75) is 25.4 Å². The van der Waals surface area contributed by atoms with Gasteiger partial charge in [0.1, 0.15) is 5.76 Å². The second kappa shape index (κ2) is 6.18. The summed E-state index contributed by atoms with van der Waals surface area (Å²) >= 11 is 1.87. The third kappa shape index (κ3) is 3.19. The molecule has 3 aromatic rings. The Bertz CT molecular complexity index is 682. The van der Waals surface area contributed by atoms with Crippen LogP contribution >= 0.6 is 11.8 Å². The van der Waals surface area contributed by atoms with E-state index in [2.05, 4.69) is 34.5 Å². The number of hydrogen-bond acceptors (Lipinski definition) is 4. The van der Waals surface area contributed by atoms with Gasteiger partial charge in [0.15, 0.2) is 0 Å². The Kier molecular flexibility index (Phi) is 4.10. The highest BCUT2D eigenvalue weighted by Crippen LogP contribution is 2.22. The molecule has 4 nitrogen and oxygen atoms in total. The van der Waals surface area contributed by atoms with Crippen LogP contribution in [-0.2, 0) is 11.5 Å². The lowest BCUT2D eigenvalue weighted by molar-refractivity contribution is 0.392. The molecule has 0 aliphatic heterocycles. The van der Waals surface area contributed by atoms with E-state index in [1.54, 1.807) is 6.20 Å². The highest BCUT2D eigenvalue weighted by atomic mass is 32.2. The minimum absolute atomic E-state index is 0.925. The lowest BCUT2D eigenvalue weighted by atomic mass is 10.2. The van der Waals surface area contributed by atoms with Crippen molar-refractivity contribution in [1.29, 1.82) is 0 Å². The summed E-state index contributed by atoms with van der Waals surface area (Å²) in [5.41, 5.74) is 4.60. The van der Waals surface area contributed by atoms with Crippen LogP contribution in [0.4, 0.5) is 0 Å². The van der Waals surface area contributed by atoms with Crippen LogP contribution in [0.3, 0.4) is 0 Å². The molecule has 0 saturated heterocycles.